The van der Waals surface area contributed by atoms with Crippen molar-refractivity contribution in [1.82, 2.24) is 21.5 Å². The van der Waals surface area contributed by atoms with Crippen LogP contribution in [0.15, 0.2) is 30.3 Å². The van der Waals surface area contributed by atoms with Crippen LogP contribution in [0.5, 0.6) is 0 Å². The van der Waals surface area contributed by atoms with Crippen molar-refractivity contribution < 1.29 is 4.79 Å². The Morgan fingerprint density at radius 3 is 2.83 bits per heavy atom. The predicted molar refractivity (Wildman–Crippen MR) is 87.8 cm³/mol. The van der Waals surface area contributed by atoms with Gasteiger partial charge in [0, 0.05) is 12.6 Å². The molecule has 0 aromatic heterocycles. The first-order valence-electron chi connectivity index (χ1n) is 7.87. The molecule has 0 bridgehead atoms. The molecule has 2 rings (SSSR count). The third-order valence-electron chi connectivity index (χ3n) is 4.03. The maximum Gasteiger partial charge on any atom is 0.315 e. The van der Waals surface area contributed by atoms with E-state index in [4.69, 9.17) is 11.0 Å². The van der Waals surface area contributed by atoms with E-state index in [2.05, 4.69) is 27.6 Å². The van der Waals surface area contributed by atoms with Crippen molar-refractivity contribution in [1.29, 1.82) is 5.26 Å². The van der Waals surface area contributed by atoms with E-state index in [0.29, 0.717) is 6.54 Å². The second-order valence-electron chi connectivity index (χ2n) is 5.75. The number of hydrazine groups is 1. The van der Waals surface area contributed by atoms with Gasteiger partial charge < -0.3 is 16.4 Å². The third-order valence-corrected chi connectivity index (χ3v) is 4.03. The zero-order valence-electron chi connectivity index (χ0n) is 13.3. The van der Waals surface area contributed by atoms with E-state index < -0.39 is 0 Å². The van der Waals surface area contributed by atoms with Crippen LogP contribution in [0.1, 0.15) is 31.4 Å². The van der Waals surface area contributed by atoms with E-state index in [9.17, 15) is 4.79 Å². The minimum absolute atomic E-state index is 0.0168. The van der Waals surface area contributed by atoms with Crippen LogP contribution in [0, 0.1) is 17.2 Å². The predicted octanol–water partition coefficient (Wildman–Crippen LogP) is 0.728. The van der Waals surface area contributed by atoms with Crippen molar-refractivity contribution in [2.24, 2.45) is 11.7 Å². The van der Waals surface area contributed by atoms with E-state index in [-0.39, 0.29) is 30.2 Å². The molecule has 4 unspecified atom stereocenters. The highest BCUT2D eigenvalue weighted by molar-refractivity contribution is 5.74. The Kier molecular flexibility index (Phi) is 6.35. The highest BCUT2D eigenvalue weighted by Gasteiger charge is 2.32. The largest absolute Gasteiger partial charge is 0.338 e. The minimum atomic E-state index is -0.340. The number of urea groups is 1. The summed E-state index contributed by atoms with van der Waals surface area (Å²) < 4.78 is 0. The molecule has 1 saturated heterocycles. The Bertz CT molecular complexity index is 543. The van der Waals surface area contributed by atoms with Gasteiger partial charge in [-0.2, -0.15) is 5.26 Å². The van der Waals surface area contributed by atoms with Gasteiger partial charge in [0.1, 0.15) is 0 Å². The average Bonchev–Trinajstić information content (AvgIpc) is 2.92. The Hall–Kier alpha value is -2.14. The van der Waals surface area contributed by atoms with Crippen LogP contribution in [0.25, 0.3) is 0 Å². The van der Waals surface area contributed by atoms with Crippen molar-refractivity contribution in [2.45, 2.75) is 38.0 Å². The lowest BCUT2D eigenvalue weighted by molar-refractivity contribution is 0.237. The zero-order valence-corrected chi connectivity index (χ0v) is 13.3. The quantitative estimate of drug-likeness (QED) is 0.496. The monoisotopic (exact) mass is 316 g/mol. The van der Waals surface area contributed by atoms with E-state index in [0.717, 1.165) is 18.4 Å². The van der Waals surface area contributed by atoms with Crippen molar-refractivity contribution in [3.05, 3.63) is 35.9 Å². The molecule has 7 heteroatoms. The molecule has 1 aliphatic heterocycles. The topological polar surface area (TPSA) is 115 Å². The molecule has 2 amide bonds. The van der Waals surface area contributed by atoms with Crippen LogP contribution in [-0.4, -0.2) is 24.8 Å². The Labute approximate surface area is 136 Å². The number of nitrogens with two attached hydrogens (primary N) is 1. The molecule has 6 N–H and O–H groups in total. The molecule has 0 aliphatic carbocycles. The van der Waals surface area contributed by atoms with Gasteiger partial charge in [-0.05, 0) is 25.3 Å². The molecule has 0 saturated carbocycles. The lowest BCUT2D eigenvalue weighted by Gasteiger charge is -2.16. The van der Waals surface area contributed by atoms with Gasteiger partial charge >= 0.3 is 6.03 Å². The molecule has 0 radical (unpaired) electrons. The maximum atomic E-state index is 11.9. The first kappa shape index (κ1) is 17.2. The van der Waals surface area contributed by atoms with Crippen LogP contribution in [0.2, 0.25) is 0 Å². The van der Waals surface area contributed by atoms with Crippen LogP contribution in [0.3, 0.4) is 0 Å². The van der Waals surface area contributed by atoms with E-state index in [1.165, 1.54) is 0 Å². The molecular formula is C16H24N6O. The smallest absolute Gasteiger partial charge is 0.315 e. The summed E-state index contributed by atoms with van der Waals surface area (Å²) in [6.07, 6.45) is 1.21. The average molecular weight is 316 g/mol. The SMILES string of the molecule is CC(NC(=O)NCCCC1NNC(N)C1C#N)c1ccccc1. The summed E-state index contributed by atoms with van der Waals surface area (Å²) in [5, 5.41) is 14.8. The number of carbonyl (C=O) groups is 1. The number of benzene rings is 1. The Balaban J connectivity index is 1.65. The highest BCUT2D eigenvalue weighted by Crippen LogP contribution is 2.15. The summed E-state index contributed by atoms with van der Waals surface area (Å²) in [4.78, 5) is 11.9. The molecule has 1 heterocycles. The molecular weight excluding hydrogens is 292 g/mol. The van der Waals surface area contributed by atoms with Crippen molar-refractivity contribution in [3.63, 3.8) is 0 Å². The summed E-state index contributed by atoms with van der Waals surface area (Å²) in [5.41, 5.74) is 12.7. The van der Waals surface area contributed by atoms with Crippen LogP contribution in [-0.2, 0) is 0 Å². The summed E-state index contributed by atoms with van der Waals surface area (Å²) in [7, 11) is 0. The van der Waals surface area contributed by atoms with E-state index >= 15 is 0 Å². The number of amides is 2. The van der Waals surface area contributed by atoms with Gasteiger partial charge in [-0.15, -0.1) is 0 Å². The van der Waals surface area contributed by atoms with Crippen molar-refractivity contribution >= 4 is 6.03 Å². The van der Waals surface area contributed by atoms with Gasteiger partial charge in [0.2, 0.25) is 0 Å². The normalized spacial score (nSPS) is 24.7. The summed E-state index contributed by atoms with van der Waals surface area (Å²) in [6, 6.07) is 11.8. The zero-order chi connectivity index (χ0) is 16.7. The lowest BCUT2D eigenvalue weighted by atomic mass is 9.97. The van der Waals surface area contributed by atoms with Crippen LogP contribution in [0.4, 0.5) is 4.79 Å². The molecule has 23 heavy (non-hydrogen) atoms. The number of hydrogen-bond acceptors (Lipinski definition) is 5. The second kappa shape index (κ2) is 8.48. The van der Waals surface area contributed by atoms with Gasteiger partial charge in [0.05, 0.1) is 24.2 Å². The molecule has 0 spiro atoms. The highest BCUT2D eigenvalue weighted by atomic mass is 16.2. The summed E-state index contributed by atoms with van der Waals surface area (Å²) in [6.45, 7) is 2.50. The first-order chi connectivity index (χ1) is 11.1. The minimum Gasteiger partial charge on any atom is -0.338 e. The Morgan fingerprint density at radius 2 is 2.13 bits per heavy atom. The molecule has 1 aromatic carbocycles. The fraction of sp³-hybridized carbons (Fsp3) is 0.500. The standard InChI is InChI=1S/C16H24N6O/c1-11(12-6-3-2-4-7-12)20-16(23)19-9-5-8-14-13(10-17)15(18)22-21-14/h2-4,6-7,11,13-15,21-22H,5,8-9,18H2,1H3,(H2,19,20,23). The second-order valence-corrected chi connectivity index (χ2v) is 5.75. The third kappa shape index (κ3) is 4.93. The van der Waals surface area contributed by atoms with Crippen LogP contribution >= 0.6 is 0 Å². The molecule has 7 nitrogen and oxygen atoms in total. The number of nitriles is 1. The Morgan fingerprint density at radius 1 is 1.39 bits per heavy atom. The fourth-order valence-corrected chi connectivity index (χ4v) is 2.65. The first-order valence-corrected chi connectivity index (χ1v) is 7.87. The maximum absolute atomic E-state index is 11.9. The molecule has 1 fully saturated rings. The molecule has 124 valence electrons. The summed E-state index contributed by atoms with van der Waals surface area (Å²) in [5.74, 6) is -0.248. The van der Waals surface area contributed by atoms with Crippen molar-refractivity contribution in [3.8, 4) is 6.07 Å². The number of carbonyl (C=O) groups excluding carboxylic acids is 1. The summed E-state index contributed by atoms with van der Waals surface area (Å²) >= 11 is 0. The number of nitrogens with one attached hydrogen (secondary N) is 4. The van der Waals surface area contributed by atoms with Gasteiger partial charge in [-0.25, -0.2) is 10.2 Å². The molecule has 1 aromatic rings. The fourth-order valence-electron chi connectivity index (χ4n) is 2.65. The number of hydrogen-bond donors (Lipinski definition) is 5. The van der Waals surface area contributed by atoms with Crippen molar-refractivity contribution in [2.75, 3.05) is 6.54 Å². The number of nitrogens with zero attached hydrogens (tertiary/aromatic N) is 1. The van der Waals surface area contributed by atoms with Gasteiger partial charge in [0.25, 0.3) is 0 Å². The van der Waals surface area contributed by atoms with Crippen LogP contribution < -0.4 is 27.2 Å². The molecule has 1 aliphatic rings. The van der Waals surface area contributed by atoms with E-state index in [1.807, 2.05) is 37.3 Å². The van der Waals surface area contributed by atoms with Gasteiger partial charge in [-0.3, -0.25) is 5.43 Å². The van der Waals surface area contributed by atoms with Gasteiger partial charge in [0.15, 0.2) is 0 Å². The number of rotatable bonds is 6. The van der Waals surface area contributed by atoms with Gasteiger partial charge in [-0.1, -0.05) is 30.3 Å². The van der Waals surface area contributed by atoms with E-state index in [1.54, 1.807) is 0 Å². The molecule has 4 atom stereocenters. The lowest BCUT2D eigenvalue weighted by Crippen LogP contribution is -2.39.